The van der Waals surface area contributed by atoms with Gasteiger partial charge in [-0.2, -0.15) is 0 Å². The van der Waals surface area contributed by atoms with Crippen LogP contribution in [0, 0.1) is 5.92 Å². The van der Waals surface area contributed by atoms with Gasteiger partial charge >= 0.3 is 11.9 Å². The molecular weight excluding hydrogens is 256 g/mol. The average Bonchev–Trinajstić information content (AvgIpc) is 2.36. The predicted molar refractivity (Wildman–Crippen MR) is 77.1 cm³/mol. The fourth-order valence-electron chi connectivity index (χ4n) is 2.34. The van der Waals surface area contributed by atoms with Gasteiger partial charge in [0.25, 0.3) is 0 Å². The summed E-state index contributed by atoms with van der Waals surface area (Å²) in [6, 6.07) is 0. The summed E-state index contributed by atoms with van der Waals surface area (Å²) in [5, 5.41) is 0. The van der Waals surface area contributed by atoms with Crippen molar-refractivity contribution in [2.24, 2.45) is 5.92 Å². The molecule has 0 spiro atoms. The molecule has 0 heterocycles. The monoisotopic (exact) mass is 282 g/mol. The fraction of sp³-hybridized carbons (Fsp3) is 0.750. The van der Waals surface area contributed by atoms with E-state index in [0.717, 1.165) is 31.3 Å². The van der Waals surface area contributed by atoms with Gasteiger partial charge in [0.1, 0.15) is 5.60 Å². The van der Waals surface area contributed by atoms with Gasteiger partial charge < -0.3 is 9.47 Å². The molecule has 1 rings (SSSR count). The molecule has 1 aliphatic carbocycles. The molecule has 4 heteroatoms. The van der Waals surface area contributed by atoms with Gasteiger partial charge in [-0.05, 0) is 60.3 Å². The summed E-state index contributed by atoms with van der Waals surface area (Å²) in [5.74, 6) is -0.381. The molecule has 1 aliphatic rings. The number of carbonyl (C=O) groups excluding carboxylic acids is 2. The zero-order valence-electron chi connectivity index (χ0n) is 13.2. The number of ether oxygens (including phenoxy) is 2. The van der Waals surface area contributed by atoms with Crippen molar-refractivity contribution in [1.82, 2.24) is 0 Å². The Labute approximate surface area is 121 Å². The maximum absolute atomic E-state index is 12.0. The van der Waals surface area contributed by atoms with Gasteiger partial charge in [0.15, 0.2) is 0 Å². The van der Waals surface area contributed by atoms with E-state index in [0.29, 0.717) is 12.2 Å². The average molecular weight is 282 g/mol. The van der Waals surface area contributed by atoms with Crippen LogP contribution in [0.1, 0.15) is 60.3 Å². The third kappa shape index (κ3) is 4.99. The van der Waals surface area contributed by atoms with Crippen LogP contribution in [0.15, 0.2) is 11.1 Å². The van der Waals surface area contributed by atoms with Crippen molar-refractivity contribution >= 4 is 11.9 Å². The molecule has 0 aromatic heterocycles. The van der Waals surface area contributed by atoms with E-state index >= 15 is 0 Å². The summed E-state index contributed by atoms with van der Waals surface area (Å²) in [6.45, 7) is 9.64. The fourth-order valence-corrected chi connectivity index (χ4v) is 2.34. The summed E-state index contributed by atoms with van der Waals surface area (Å²) in [4.78, 5) is 23.7. The number of esters is 2. The largest absolute Gasteiger partial charge is 0.466 e. The maximum Gasteiger partial charge on any atom is 0.334 e. The van der Waals surface area contributed by atoms with Crippen LogP contribution in [-0.2, 0) is 19.1 Å². The Morgan fingerprint density at radius 1 is 1.20 bits per heavy atom. The van der Waals surface area contributed by atoms with E-state index in [4.69, 9.17) is 9.47 Å². The van der Waals surface area contributed by atoms with E-state index in [1.165, 1.54) is 0 Å². The first kappa shape index (κ1) is 16.7. The Bertz CT molecular complexity index is 391. The molecule has 0 radical (unpaired) electrons. The van der Waals surface area contributed by atoms with Crippen LogP contribution in [0.3, 0.4) is 0 Å². The summed E-state index contributed by atoms with van der Waals surface area (Å²) in [6.07, 6.45) is 3.06. The second-order valence-corrected chi connectivity index (χ2v) is 6.26. The molecule has 0 aromatic rings. The second-order valence-electron chi connectivity index (χ2n) is 6.26. The number of hydrogen-bond donors (Lipinski definition) is 0. The Morgan fingerprint density at radius 2 is 1.75 bits per heavy atom. The van der Waals surface area contributed by atoms with Gasteiger partial charge in [0.2, 0.25) is 0 Å². The third-order valence-electron chi connectivity index (χ3n) is 3.44. The van der Waals surface area contributed by atoms with E-state index in [1.54, 1.807) is 0 Å². The standard InChI is InChI=1S/C16H26O4/c1-6-19-15(18)13-9-7-12(8-10-13)11(2)14(17)20-16(3,4)5/h13H,6-10H2,1-5H3. The molecule has 4 nitrogen and oxygen atoms in total. The van der Waals surface area contributed by atoms with Crippen molar-refractivity contribution in [2.75, 3.05) is 6.61 Å². The molecule has 114 valence electrons. The van der Waals surface area contributed by atoms with Crippen LogP contribution in [0.2, 0.25) is 0 Å². The van der Waals surface area contributed by atoms with Gasteiger partial charge in [-0.25, -0.2) is 4.79 Å². The van der Waals surface area contributed by atoms with E-state index in [9.17, 15) is 9.59 Å². The Morgan fingerprint density at radius 3 is 2.20 bits per heavy atom. The summed E-state index contributed by atoms with van der Waals surface area (Å²) >= 11 is 0. The number of allylic oxidation sites excluding steroid dienone is 1. The second kappa shape index (κ2) is 6.91. The van der Waals surface area contributed by atoms with E-state index in [-0.39, 0.29) is 17.9 Å². The molecule has 0 amide bonds. The molecule has 0 N–H and O–H groups in total. The van der Waals surface area contributed by atoms with Crippen LogP contribution in [0.4, 0.5) is 0 Å². The minimum Gasteiger partial charge on any atom is -0.466 e. The first-order chi connectivity index (χ1) is 9.24. The normalized spacial score (nSPS) is 19.4. The highest BCUT2D eigenvalue weighted by molar-refractivity contribution is 5.89. The molecule has 0 atom stereocenters. The van der Waals surface area contributed by atoms with Gasteiger partial charge in [0, 0.05) is 5.57 Å². The lowest BCUT2D eigenvalue weighted by Crippen LogP contribution is -2.26. The molecule has 0 bridgehead atoms. The van der Waals surface area contributed by atoms with Crippen molar-refractivity contribution in [3.63, 3.8) is 0 Å². The van der Waals surface area contributed by atoms with Gasteiger partial charge in [0.05, 0.1) is 12.5 Å². The molecule has 0 saturated heterocycles. The molecule has 20 heavy (non-hydrogen) atoms. The lowest BCUT2D eigenvalue weighted by Gasteiger charge is -2.25. The van der Waals surface area contributed by atoms with Crippen LogP contribution >= 0.6 is 0 Å². The van der Waals surface area contributed by atoms with Crippen molar-refractivity contribution in [3.8, 4) is 0 Å². The Hall–Kier alpha value is -1.32. The number of carbonyl (C=O) groups is 2. The third-order valence-corrected chi connectivity index (χ3v) is 3.44. The topological polar surface area (TPSA) is 52.6 Å². The van der Waals surface area contributed by atoms with Gasteiger partial charge in [-0.1, -0.05) is 5.57 Å². The number of rotatable bonds is 3. The Kier molecular flexibility index (Phi) is 5.78. The summed E-state index contributed by atoms with van der Waals surface area (Å²) in [5.41, 5.74) is 1.34. The van der Waals surface area contributed by atoms with E-state index < -0.39 is 5.60 Å². The van der Waals surface area contributed by atoms with Crippen molar-refractivity contribution in [3.05, 3.63) is 11.1 Å². The smallest absolute Gasteiger partial charge is 0.334 e. The quantitative estimate of drug-likeness (QED) is 0.588. The SMILES string of the molecule is CCOC(=O)C1CCC(=C(C)C(=O)OC(C)(C)C)CC1. The lowest BCUT2D eigenvalue weighted by molar-refractivity contribution is -0.150. The van der Waals surface area contributed by atoms with Crippen LogP contribution in [0.5, 0.6) is 0 Å². The summed E-state index contributed by atoms with van der Waals surface area (Å²) in [7, 11) is 0. The minimum absolute atomic E-state index is 0.0230. The van der Waals surface area contributed by atoms with Crippen molar-refractivity contribution in [1.29, 1.82) is 0 Å². The summed E-state index contributed by atoms with van der Waals surface area (Å²) < 4.78 is 10.4. The highest BCUT2D eigenvalue weighted by atomic mass is 16.6. The van der Waals surface area contributed by atoms with E-state index in [1.807, 2.05) is 34.6 Å². The lowest BCUT2D eigenvalue weighted by atomic mass is 9.84. The Balaban J connectivity index is 2.61. The molecular formula is C16H26O4. The minimum atomic E-state index is -0.471. The predicted octanol–water partition coefficient (Wildman–Crippen LogP) is 3.40. The molecule has 0 aliphatic heterocycles. The maximum atomic E-state index is 12.0. The van der Waals surface area contributed by atoms with Crippen molar-refractivity contribution < 1.29 is 19.1 Å². The zero-order chi connectivity index (χ0) is 15.3. The highest BCUT2D eigenvalue weighted by Crippen LogP contribution is 2.31. The molecule has 1 saturated carbocycles. The first-order valence-electron chi connectivity index (χ1n) is 7.33. The van der Waals surface area contributed by atoms with Crippen LogP contribution < -0.4 is 0 Å². The van der Waals surface area contributed by atoms with E-state index in [2.05, 4.69) is 0 Å². The van der Waals surface area contributed by atoms with Crippen LogP contribution in [0.25, 0.3) is 0 Å². The van der Waals surface area contributed by atoms with Crippen LogP contribution in [-0.4, -0.2) is 24.1 Å². The molecule has 0 unspecified atom stereocenters. The first-order valence-corrected chi connectivity index (χ1v) is 7.33. The highest BCUT2D eigenvalue weighted by Gasteiger charge is 2.27. The number of hydrogen-bond acceptors (Lipinski definition) is 4. The zero-order valence-corrected chi connectivity index (χ0v) is 13.2. The van der Waals surface area contributed by atoms with Gasteiger partial charge in [-0.3, -0.25) is 4.79 Å². The molecule has 1 fully saturated rings. The molecule has 0 aromatic carbocycles. The van der Waals surface area contributed by atoms with Crippen molar-refractivity contribution in [2.45, 2.75) is 65.9 Å². The van der Waals surface area contributed by atoms with Gasteiger partial charge in [-0.15, -0.1) is 0 Å².